The number of halogens is 16. The molecule has 0 atom stereocenters. The number of aliphatic hydroxyl groups excluding tert-OH is 1. The third-order valence-electron chi connectivity index (χ3n) is 12.1. The highest BCUT2D eigenvalue weighted by Crippen LogP contribution is 2.46. The van der Waals surface area contributed by atoms with E-state index in [9.17, 15) is 27.1 Å². The Bertz CT molecular complexity index is 3190. The maximum Gasteiger partial charge on any atom is 0.373 e. The lowest BCUT2D eigenvalue weighted by Gasteiger charge is -2.11. The van der Waals surface area contributed by atoms with Crippen LogP contribution >= 0.6 is 128 Å². The van der Waals surface area contributed by atoms with Crippen LogP contribution in [0.25, 0.3) is 17.1 Å². The van der Waals surface area contributed by atoms with Gasteiger partial charge >= 0.3 is 6.15 Å². The number of anilines is 2. The first-order valence-corrected chi connectivity index (χ1v) is 28.2. The molecule has 0 unspecified atom stereocenters. The summed E-state index contributed by atoms with van der Waals surface area (Å²) in [6.45, 7) is 1.92. The van der Waals surface area contributed by atoms with E-state index in [1.165, 1.54) is 59.5 Å². The highest BCUT2D eigenvalue weighted by atomic mass is 35.5. The fourth-order valence-electron chi connectivity index (χ4n) is 8.03. The predicted molar refractivity (Wildman–Crippen MR) is 311 cm³/mol. The summed E-state index contributed by atoms with van der Waals surface area (Å²) in [5.41, 5.74) is 15.6. The topological polar surface area (TPSA) is 172 Å². The number of aromatic nitrogens is 6. The van der Waals surface area contributed by atoms with Gasteiger partial charge in [-0.05, 0) is 140 Å². The molecule has 8 aromatic rings. The molecule has 5 aromatic carbocycles. The van der Waals surface area contributed by atoms with Gasteiger partial charge in [-0.1, -0.05) is 123 Å². The number of nitrogens with two attached hydrogens (primary N) is 2. The lowest BCUT2D eigenvalue weighted by atomic mass is 10.1. The summed E-state index contributed by atoms with van der Waals surface area (Å²) in [5, 5.41) is 24.5. The molecule has 28 heteroatoms. The van der Waals surface area contributed by atoms with Crippen molar-refractivity contribution in [2.24, 2.45) is 5.84 Å². The van der Waals surface area contributed by atoms with E-state index in [0.29, 0.717) is 52.1 Å². The third-order valence-corrected chi connectivity index (χ3v) is 15.3. The molecule has 3 saturated carbocycles. The normalized spacial score (nSPS) is 13.2. The molecule has 0 amide bonds. The van der Waals surface area contributed by atoms with Crippen LogP contribution in [-0.4, -0.2) is 40.6 Å². The molecule has 0 saturated heterocycles. The van der Waals surface area contributed by atoms with Gasteiger partial charge in [0.05, 0.1) is 104 Å². The molecular weight excluding hydrogens is 1300 g/mol. The van der Waals surface area contributed by atoms with Crippen molar-refractivity contribution < 1.29 is 36.6 Å². The van der Waals surface area contributed by atoms with Gasteiger partial charge in [0, 0.05) is 5.69 Å². The summed E-state index contributed by atoms with van der Waals surface area (Å²) in [4.78, 5) is 16.2. The van der Waals surface area contributed by atoms with E-state index in [1.54, 1.807) is 21.8 Å². The largest absolute Gasteiger partial charge is 0.396 e. The van der Waals surface area contributed by atoms with E-state index in [4.69, 9.17) is 149 Å². The SMILES string of the molecule is CCc1c(C2CC2)cnn1-c1c(Cl)cc(F)cc1Cl.Fc1cc(Cl)c(-n2ncc(C3CC3)c2CCl)c(Cl)c1.NNc1c(Cl)cc(F)cc1Cl.Nc1c(Cl)cc(F)cc1Cl.O=C=O.OCc1c(C2CC2)cnn1-c1c(Cl)cc(F)cc1Cl. The number of hydrogen-bond acceptors (Lipinski definition) is 9. The quantitative estimate of drug-likeness (QED) is 0.0342. The number of aliphatic hydroxyl groups is 1. The Morgan fingerprint density at radius 1 is 0.506 bits per heavy atom. The maximum atomic E-state index is 13.3. The molecule has 0 radical (unpaired) electrons. The predicted octanol–water partition coefficient (Wildman–Crippen LogP) is 17.9. The van der Waals surface area contributed by atoms with Crippen LogP contribution in [-0.2, 0) is 28.5 Å². The van der Waals surface area contributed by atoms with Crippen LogP contribution in [0, 0.1) is 29.1 Å². The summed E-state index contributed by atoms with van der Waals surface area (Å²) in [7, 11) is 0. The summed E-state index contributed by atoms with van der Waals surface area (Å²) in [6, 6.07) is 11.8. The van der Waals surface area contributed by atoms with Crippen molar-refractivity contribution in [2.45, 2.75) is 82.1 Å². The Hall–Kier alpha value is -4.53. The van der Waals surface area contributed by atoms with Crippen molar-refractivity contribution in [1.29, 1.82) is 0 Å². The van der Waals surface area contributed by atoms with Gasteiger partial charge in [-0.3, -0.25) is 5.84 Å². The minimum Gasteiger partial charge on any atom is -0.396 e. The van der Waals surface area contributed by atoms with Crippen molar-refractivity contribution in [3.8, 4) is 17.1 Å². The number of nitrogens with zero attached hydrogens (tertiary/aromatic N) is 6. The number of hydrogen-bond donors (Lipinski definition) is 4. The van der Waals surface area contributed by atoms with Gasteiger partial charge in [0.1, 0.15) is 46.1 Å². The third kappa shape index (κ3) is 16.9. The average Bonchev–Trinajstić information content (AvgIpc) is 4.53. The Labute approximate surface area is 515 Å². The summed E-state index contributed by atoms with van der Waals surface area (Å²) in [6.07, 6.45) is 13.4. The first-order chi connectivity index (χ1) is 38.5. The molecule has 430 valence electrons. The molecule has 81 heavy (non-hydrogen) atoms. The van der Waals surface area contributed by atoms with E-state index in [1.807, 2.05) is 6.20 Å². The highest BCUT2D eigenvalue weighted by molar-refractivity contribution is 6.40. The number of alkyl halides is 1. The molecular formula is C53H43Cl11F5N9O3. The van der Waals surface area contributed by atoms with Crippen molar-refractivity contribution >= 4 is 145 Å². The average molecular weight is 1340 g/mol. The van der Waals surface area contributed by atoms with E-state index < -0.39 is 29.1 Å². The fraction of sp³-hybridized carbons (Fsp3) is 0.245. The highest BCUT2D eigenvalue weighted by Gasteiger charge is 2.32. The molecule has 12 nitrogen and oxygen atoms in total. The zero-order valence-corrected chi connectivity index (χ0v) is 50.1. The van der Waals surface area contributed by atoms with Crippen LogP contribution in [0.15, 0.2) is 79.3 Å². The number of nitrogen functional groups attached to an aromatic ring is 2. The van der Waals surface area contributed by atoms with Gasteiger partial charge in [-0.2, -0.15) is 24.9 Å². The molecule has 3 fully saturated rings. The number of nitrogens with one attached hydrogen (secondary N) is 1. The number of benzene rings is 5. The standard InChI is InChI=1S/C14H13Cl2FN2.C13H10Cl3FN2.C13H11Cl2FN2O.C6H5Cl2FN2.C6H4Cl2FN.CO2/c1-2-13-10(8-3-4-8)7-18-19(13)14-11(15)5-9(17)6-12(14)16;14-5-12-9(7-1-2-7)6-18-19(12)13-10(15)3-8(17)4-11(13)16;14-10-3-8(16)4-11(15)13(10)18-12(6-19)9(5-17-18)7-1-2-7;7-4-1-3(9)2-5(8)6(4)11-10;7-4-1-3(9)2-5(8)6(4)10;2-1-3/h5-8H,2-4H2,1H3;3-4,6-7H,1-2,5H2;3-5,7,19H,1-2,6H2;1-2,11H,10H2;1-2H,10H2;. The fourth-order valence-corrected chi connectivity index (χ4v) is 11.2. The van der Waals surface area contributed by atoms with Gasteiger partial charge in [0.2, 0.25) is 0 Å². The van der Waals surface area contributed by atoms with Crippen LogP contribution in [0.5, 0.6) is 0 Å². The Morgan fingerprint density at radius 2 is 0.765 bits per heavy atom. The van der Waals surface area contributed by atoms with Gasteiger partial charge in [-0.25, -0.2) is 36.0 Å². The second kappa shape index (κ2) is 29.8. The van der Waals surface area contributed by atoms with E-state index >= 15 is 0 Å². The Kier molecular flexibility index (Phi) is 24.2. The zero-order valence-electron chi connectivity index (χ0n) is 41.8. The van der Waals surface area contributed by atoms with Gasteiger partial charge in [0.25, 0.3) is 0 Å². The first kappa shape index (κ1) is 65.6. The van der Waals surface area contributed by atoms with Gasteiger partial charge < -0.3 is 16.3 Å². The van der Waals surface area contributed by atoms with Crippen LogP contribution in [0.3, 0.4) is 0 Å². The molecule has 3 aliphatic rings. The summed E-state index contributed by atoms with van der Waals surface area (Å²) in [5.74, 6) is 4.59. The van der Waals surface area contributed by atoms with Crippen LogP contribution in [0.1, 0.15) is 97.0 Å². The molecule has 3 aliphatic carbocycles. The lowest BCUT2D eigenvalue weighted by Crippen LogP contribution is -2.07. The zero-order chi connectivity index (χ0) is 59.6. The molecule has 0 bridgehead atoms. The Balaban J connectivity index is 0.000000165. The first-order valence-electron chi connectivity index (χ1n) is 23.8. The molecule has 0 spiro atoms. The smallest absolute Gasteiger partial charge is 0.373 e. The number of carbonyl (C=O) groups excluding carboxylic acids is 2. The van der Waals surface area contributed by atoms with Crippen LogP contribution in [0.2, 0.25) is 50.2 Å². The van der Waals surface area contributed by atoms with Crippen molar-refractivity contribution in [3.63, 3.8) is 0 Å². The molecule has 6 N–H and O–H groups in total. The summed E-state index contributed by atoms with van der Waals surface area (Å²) >= 11 is 64.5. The van der Waals surface area contributed by atoms with Crippen LogP contribution < -0.4 is 17.0 Å². The molecule has 11 rings (SSSR count). The van der Waals surface area contributed by atoms with Crippen molar-refractivity contribution in [1.82, 2.24) is 29.3 Å². The van der Waals surface area contributed by atoms with Crippen molar-refractivity contribution in [2.75, 3.05) is 11.2 Å². The number of rotatable bonds is 10. The molecule has 3 aromatic heterocycles. The van der Waals surface area contributed by atoms with E-state index in [2.05, 4.69) is 27.6 Å². The maximum absolute atomic E-state index is 13.3. The van der Waals surface area contributed by atoms with E-state index in [-0.39, 0.29) is 68.7 Å². The Morgan fingerprint density at radius 3 is 1.04 bits per heavy atom. The number of hydrazine groups is 1. The minimum absolute atomic E-state index is 0.144. The monoisotopic (exact) mass is 1330 g/mol. The van der Waals surface area contributed by atoms with Crippen molar-refractivity contribution in [3.05, 3.63) is 192 Å². The second-order valence-electron chi connectivity index (χ2n) is 17.8. The van der Waals surface area contributed by atoms with Gasteiger partial charge in [0.15, 0.2) is 0 Å². The lowest BCUT2D eigenvalue weighted by molar-refractivity contribution is -0.191. The van der Waals surface area contributed by atoms with Crippen LogP contribution in [0.4, 0.5) is 33.3 Å². The minimum atomic E-state index is -0.501. The summed E-state index contributed by atoms with van der Waals surface area (Å²) < 4.78 is 69.4. The molecule has 0 aliphatic heterocycles. The van der Waals surface area contributed by atoms with E-state index in [0.717, 1.165) is 78.9 Å². The van der Waals surface area contributed by atoms with Gasteiger partial charge in [-0.15, -0.1) is 11.6 Å². The second-order valence-corrected chi connectivity index (χ2v) is 22.1. The molecule has 3 heterocycles.